The minimum atomic E-state index is -4.56. The van der Waals surface area contributed by atoms with E-state index in [-0.39, 0.29) is 0 Å². The summed E-state index contributed by atoms with van der Waals surface area (Å²) in [7, 11) is 0. The van der Waals surface area contributed by atoms with Crippen LogP contribution in [0.25, 0.3) is 0 Å². The maximum absolute atomic E-state index is 13.1. The van der Waals surface area contributed by atoms with E-state index in [9.17, 15) is 18.0 Å². The highest BCUT2D eigenvalue weighted by molar-refractivity contribution is 9.10. The predicted octanol–water partition coefficient (Wildman–Crippen LogP) is 4.19. The van der Waals surface area contributed by atoms with Gasteiger partial charge in [0.25, 0.3) is 5.91 Å². The molecular formula is C18H13BrF3N3O. The Morgan fingerprint density at radius 3 is 2.35 bits per heavy atom. The summed E-state index contributed by atoms with van der Waals surface area (Å²) in [5.74, 6) is -0.420. The lowest BCUT2D eigenvalue weighted by molar-refractivity contribution is -0.134. The average Bonchev–Trinajstić information content (AvgIpc) is 3.09. The Morgan fingerprint density at radius 1 is 1.12 bits per heavy atom. The zero-order chi connectivity index (χ0) is 18.5. The van der Waals surface area contributed by atoms with Gasteiger partial charge >= 0.3 is 6.18 Å². The van der Waals surface area contributed by atoms with Gasteiger partial charge < -0.3 is 0 Å². The number of nitrogens with one attached hydrogen (secondary N) is 1. The van der Waals surface area contributed by atoms with Gasteiger partial charge in [0.05, 0.1) is 6.04 Å². The standard InChI is InChI=1S/C18H13BrF3N3O/c19-12-6-8-13(9-7-12)25-15(11-4-2-1-3-5-11)17(16(25)26)10-14(23-24-17)18(20,21)22/h1-9,15,24H,10H2. The maximum Gasteiger partial charge on any atom is 0.431 e. The summed E-state index contributed by atoms with van der Waals surface area (Å²) in [5.41, 5.74) is 1.52. The third-order valence-electron chi connectivity index (χ3n) is 4.71. The Labute approximate surface area is 155 Å². The van der Waals surface area contributed by atoms with Crippen LogP contribution in [-0.2, 0) is 4.79 Å². The molecule has 8 heteroatoms. The van der Waals surface area contributed by atoms with E-state index >= 15 is 0 Å². The monoisotopic (exact) mass is 423 g/mol. The van der Waals surface area contributed by atoms with Crippen LogP contribution in [0.5, 0.6) is 0 Å². The summed E-state index contributed by atoms with van der Waals surface area (Å²) in [6.07, 6.45) is -5.04. The zero-order valence-corrected chi connectivity index (χ0v) is 14.9. The fraction of sp³-hybridized carbons (Fsp3) is 0.222. The van der Waals surface area contributed by atoms with E-state index in [4.69, 9.17) is 0 Å². The number of amides is 1. The van der Waals surface area contributed by atoms with Gasteiger partial charge in [-0.1, -0.05) is 46.3 Å². The van der Waals surface area contributed by atoms with E-state index in [0.29, 0.717) is 5.69 Å². The lowest BCUT2D eigenvalue weighted by atomic mass is 9.72. The van der Waals surface area contributed by atoms with Crippen LogP contribution < -0.4 is 10.3 Å². The van der Waals surface area contributed by atoms with Crippen molar-refractivity contribution in [3.05, 3.63) is 64.6 Å². The smallest absolute Gasteiger partial charge is 0.300 e. The Bertz CT molecular complexity index is 883. The van der Waals surface area contributed by atoms with Crippen molar-refractivity contribution in [2.45, 2.75) is 24.2 Å². The first-order chi connectivity index (χ1) is 12.3. The quantitative estimate of drug-likeness (QED) is 0.736. The molecule has 0 saturated carbocycles. The summed E-state index contributed by atoms with van der Waals surface area (Å²) in [5, 5.41) is 3.44. The minimum Gasteiger partial charge on any atom is -0.300 e. The summed E-state index contributed by atoms with van der Waals surface area (Å²) in [6.45, 7) is 0. The van der Waals surface area contributed by atoms with Gasteiger partial charge in [-0.3, -0.25) is 15.1 Å². The number of rotatable bonds is 2. The van der Waals surface area contributed by atoms with E-state index in [0.717, 1.165) is 10.0 Å². The number of benzene rings is 2. The first-order valence-corrected chi connectivity index (χ1v) is 8.67. The SMILES string of the molecule is O=C1N(c2ccc(Br)cc2)C(c2ccccc2)C12CC(C(F)(F)F)=NN2. The van der Waals surface area contributed by atoms with E-state index in [2.05, 4.69) is 26.5 Å². The van der Waals surface area contributed by atoms with Crippen LogP contribution >= 0.6 is 15.9 Å². The first kappa shape index (κ1) is 17.1. The number of halogens is 4. The topological polar surface area (TPSA) is 44.7 Å². The second-order valence-electron chi connectivity index (χ2n) is 6.28. The van der Waals surface area contributed by atoms with E-state index in [1.54, 1.807) is 48.5 Å². The molecular weight excluding hydrogens is 411 g/mol. The van der Waals surface area contributed by atoms with Crippen molar-refractivity contribution in [2.75, 3.05) is 4.90 Å². The van der Waals surface area contributed by atoms with Gasteiger partial charge in [0.1, 0.15) is 5.71 Å². The lowest BCUT2D eigenvalue weighted by Crippen LogP contribution is -2.73. The summed E-state index contributed by atoms with van der Waals surface area (Å²) < 4.78 is 40.1. The summed E-state index contributed by atoms with van der Waals surface area (Å²) in [6, 6.07) is 15.5. The third kappa shape index (κ3) is 2.51. The van der Waals surface area contributed by atoms with E-state index in [1.807, 2.05) is 6.07 Å². The lowest BCUT2D eigenvalue weighted by Gasteiger charge is -2.54. The molecule has 1 fully saturated rings. The molecule has 0 aliphatic carbocycles. The molecule has 1 spiro atoms. The number of alkyl halides is 3. The van der Waals surface area contributed by atoms with Crippen LogP contribution in [0.4, 0.5) is 18.9 Å². The zero-order valence-electron chi connectivity index (χ0n) is 13.3. The highest BCUT2D eigenvalue weighted by Crippen LogP contribution is 2.50. The fourth-order valence-corrected chi connectivity index (χ4v) is 3.76. The fourth-order valence-electron chi connectivity index (χ4n) is 3.50. The van der Waals surface area contributed by atoms with Crippen molar-refractivity contribution in [3.8, 4) is 0 Å². The molecule has 4 nitrogen and oxygen atoms in total. The molecule has 2 aliphatic rings. The highest BCUT2D eigenvalue weighted by atomic mass is 79.9. The van der Waals surface area contributed by atoms with Crippen molar-refractivity contribution in [1.82, 2.24) is 5.43 Å². The number of anilines is 1. The molecule has 2 unspecified atom stereocenters. The molecule has 2 aliphatic heterocycles. The van der Waals surface area contributed by atoms with Crippen LogP contribution in [0, 0.1) is 0 Å². The number of carbonyl (C=O) groups excluding carboxylic acids is 1. The normalized spacial score (nSPS) is 25.1. The molecule has 134 valence electrons. The van der Waals surface area contributed by atoms with Crippen LogP contribution in [-0.4, -0.2) is 23.3 Å². The van der Waals surface area contributed by atoms with Crippen LogP contribution in [0.15, 0.2) is 64.2 Å². The summed E-state index contributed by atoms with van der Waals surface area (Å²) in [4.78, 5) is 14.5. The molecule has 1 N–H and O–H groups in total. The van der Waals surface area contributed by atoms with Crippen molar-refractivity contribution in [3.63, 3.8) is 0 Å². The molecule has 0 aromatic heterocycles. The first-order valence-electron chi connectivity index (χ1n) is 7.88. The van der Waals surface area contributed by atoms with Gasteiger partial charge in [-0.15, -0.1) is 0 Å². The second-order valence-corrected chi connectivity index (χ2v) is 7.20. The van der Waals surface area contributed by atoms with E-state index in [1.165, 1.54) is 4.90 Å². The van der Waals surface area contributed by atoms with Crippen molar-refractivity contribution >= 4 is 33.2 Å². The largest absolute Gasteiger partial charge is 0.431 e. The van der Waals surface area contributed by atoms with Gasteiger partial charge in [0, 0.05) is 16.6 Å². The van der Waals surface area contributed by atoms with Crippen molar-refractivity contribution in [1.29, 1.82) is 0 Å². The number of β-lactam (4-membered cyclic amide) rings is 1. The van der Waals surface area contributed by atoms with Gasteiger partial charge in [0.15, 0.2) is 5.54 Å². The number of carbonyl (C=O) groups is 1. The Hall–Kier alpha value is -2.35. The average molecular weight is 424 g/mol. The van der Waals surface area contributed by atoms with Crippen molar-refractivity contribution < 1.29 is 18.0 Å². The molecule has 2 heterocycles. The molecule has 1 amide bonds. The van der Waals surface area contributed by atoms with Gasteiger partial charge in [-0.2, -0.15) is 18.3 Å². The number of nitrogens with zero attached hydrogens (tertiary/aromatic N) is 2. The molecule has 2 aromatic carbocycles. The van der Waals surface area contributed by atoms with Crippen molar-refractivity contribution in [2.24, 2.45) is 5.10 Å². The summed E-state index contributed by atoms with van der Waals surface area (Å²) >= 11 is 3.34. The van der Waals surface area contributed by atoms with Crippen LogP contribution in [0.2, 0.25) is 0 Å². The molecule has 4 rings (SSSR count). The van der Waals surface area contributed by atoms with Gasteiger partial charge in [-0.05, 0) is 29.8 Å². The predicted molar refractivity (Wildman–Crippen MR) is 94.8 cm³/mol. The number of hydrazone groups is 1. The minimum absolute atomic E-state index is 0.420. The maximum atomic E-state index is 13.1. The molecule has 0 radical (unpaired) electrons. The molecule has 26 heavy (non-hydrogen) atoms. The van der Waals surface area contributed by atoms with Crippen LogP contribution in [0.3, 0.4) is 0 Å². The molecule has 1 saturated heterocycles. The molecule has 2 aromatic rings. The Morgan fingerprint density at radius 2 is 1.77 bits per heavy atom. The van der Waals surface area contributed by atoms with Gasteiger partial charge in [0.2, 0.25) is 0 Å². The Kier molecular flexibility index (Phi) is 3.83. The Balaban J connectivity index is 1.74. The highest BCUT2D eigenvalue weighted by Gasteiger charge is 2.66. The number of hydrogen-bond donors (Lipinski definition) is 1. The second kappa shape index (κ2) is 5.84. The van der Waals surface area contributed by atoms with Crippen LogP contribution in [0.1, 0.15) is 18.0 Å². The third-order valence-corrected chi connectivity index (χ3v) is 5.24. The molecule has 2 atom stereocenters. The molecule has 0 bridgehead atoms. The van der Waals surface area contributed by atoms with Gasteiger partial charge in [-0.25, -0.2) is 0 Å². The van der Waals surface area contributed by atoms with E-state index < -0.39 is 35.8 Å². The number of hydrogen-bond acceptors (Lipinski definition) is 3.